The molecule has 1 atom stereocenters. The van der Waals surface area contributed by atoms with Crippen LogP contribution in [0.3, 0.4) is 0 Å². The lowest BCUT2D eigenvalue weighted by molar-refractivity contribution is 0.0810. The average molecular weight is 198 g/mol. The molecule has 1 aliphatic heterocycles. The van der Waals surface area contributed by atoms with Crippen molar-refractivity contribution < 1.29 is 9.90 Å². The highest BCUT2D eigenvalue weighted by Gasteiger charge is 2.33. The molecule has 1 aliphatic carbocycles. The van der Waals surface area contributed by atoms with Crippen LogP contribution in [0.4, 0.5) is 4.79 Å². The van der Waals surface area contributed by atoms with Gasteiger partial charge in [0.1, 0.15) is 0 Å². The van der Waals surface area contributed by atoms with E-state index in [1.165, 1.54) is 12.8 Å². The van der Waals surface area contributed by atoms with E-state index in [0.717, 1.165) is 25.3 Å². The van der Waals surface area contributed by atoms with E-state index in [1.54, 1.807) is 4.90 Å². The molecule has 0 aromatic rings. The number of hydrogen-bond donors (Lipinski definition) is 1. The summed E-state index contributed by atoms with van der Waals surface area (Å²) in [5.41, 5.74) is 0. The molecule has 2 rings (SSSR count). The molecule has 1 N–H and O–H groups in total. The van der Waals surface area contributed by atoms with Gasteiger partial charge >= 0.3 is 6.09 Å². The molecule has 0 radical (unpaired) electrons. The highest BCUT2D eigenvalue weighted by Crippen LogP contribution is 2.31. The average Bonchev–Trinajstić information content (AvgIpc) is 2.81. The second-order valence-electron chi connectivity index (χ2n) is 4.48. The maximum atomic E-state index is 10.9. The Hall–Kier alpha value is -0.770. The van der Waals surface area contributed by atoms with E-state index in [1.807, 2.05) is 7.05 Å². The van der Waals surface area contributed by atoms with Crippen molar-refractivity contribution in [1.82, 2.24) is 9.80 Å². The summed E-state index contributed by atoms with van der Waals surface area (Å²) in [6, 6.07) is 0. The number of nitrogens with zero attached hydrogens (tertiary/aromatic N) is 2. The highest BCUT2D eigenvalue weighted by atomic mass is 16.4. The number of carbonyl (C=O) groups is 1. The first-order valence-electron chi connectivity index (χ1n) is 5.38. The van der Waals surface area contributed by atoms with Crippen LogP contribution in [0.2, 0.25) is 0 Å². The number of carboxylic acid groups (broad SMARTS) is 1. The topological polar surface area (TPSA) is 43.8 Å². The van der Waals surface area contributed by atoms with Crippen LogP contribution >= 0.6 is 0 Å². The van der Waals surface area contributed by atoms with E-state index in [2.05, 4.69) is 4.90 Å². The van der Waals surface area contributed by atoms with Gasteiger partial charge in [-0.05, 0) is 38.6 Å². The van der Waals surface area contributed by atoms with Crippen molar-refractivity contribution in [2.75, 3.05) is 20.1 Å². The fourth-order valence-corrected chi connectivity index (χ4v) is 2.26. The molecule has 1 unspecified atom stereocenters. The van der Waals surface area contributed by atoms with Gasteiger partial charge in [0, 0.05) is 13.1 Å². The van der Waals surface area contributed by atoms with Crippen molar-refractivity contribution in [2.24, 2.45) is 5.92 Å². The maximum Gasteiger partial charge on any atom is 0.408 e. The van der Waals surface area contributed by atoms with Crippen molar-refractivity contribution in [3.8, 4) is 0 Å². The standard InChI is InChI=1S/C10H18N2O2/c1-11(7-8-4-5-8)9-3-2-6-12(9)10(13)14/h8-9H,2-7H2,1H3,(H,13,14). The van der Waals surface area contributed by atoms with Crippen molar-refractivity contribution in [2.45, 2.75) is 31.8 Å². The highest BCUT2D eigenvalue weighted by molar-refractivity contribution is 5.65. The zero-order chi connectivity index (χ0) is 10.1. The molecular weight excluding hydrogens is 180 g/mol. The largest absolute Gasteiger partial charge is 0.465 e. The molecule has 4 heteroatoms. The summed E-state index contributed by atoms with van der Waals surface area (Å²) < 4.78 is 0. The van der Waals surface area contributed by atoms with Gasteiger partial charge in [-0.15, -0.1) is 0 Å². The molecule has 14 heavy (non-hydrogen) atoms. The minimum Gasteiger partial charge on any atom is -0.465 e. The first kappa shape index (κ1) is 9.77. The molecule has 4 nitrogen and oxygen atoms in total. The van der Waals surface area contributed by atoms with Crippen molar-refractivity contribution >= 4 is 6.09 Å². The Bertz CT molecular complexity index is 228. The van der Waals surface area contributed by atoms with E-state index < -0.39 is 6.09 Å². The Labute approximate surface area is 84.5 Å². The lowest BCUT2D eigenvalue weighted by atomic mass is 10.3. The second-order valence-corrected chi connectivity index (χ2v) is 4.48. The van der Waals surface area contributed by atoms with Gasteiger partial charge in [0.05, 0.1) is 6.17 Å². The fourth-order valence-electron chi connectivity index (χ4n) is 2.26. The minimum absolute atomic E-state index is 0.132. The minimum atomic E-state index is -0.768. The predicted octanol–water partition coefficient (Wildman–Crippen LogP) is 1.43. The van der Waals surface area contributed by atoms with Gasteiger partial charge in [-0.1, -0.05) is 0 Å². The third-order valence-electron chi connectivity index (χ3n) is 3.22. The molecule has 1 saturated carbocycles. The summed E-state index contributed by atoms with van der Waals surface area (Å²) in [6.07, 6.45) is 4.01. The van der Waals surface area contributed by atoms with Gasteiger partial charge in [0.15, 0.2) is 0 Å². The Balaban J connectivity index is 1.90. The van der Waals surface area contributed by atoms with Crippen LogP contribution in [0, 0.1) is 5.92 Å². The SMILES string of the molecule is CN(CC1CC1)C1CCCN1C(=O)O. The molecule has 0 aromatic heterocycles. The molecule has 1 amide bonds. The molecule has 2 fully saturated rings. The fraction of sp³-hybridized carbons (Fsp3) is 0.900. The Kier molecular flexibility index (Phi) is 2.63. The second kappa shape index (κ2) is 3.77. The monoisotopic (exact) mass is 198 g/mol. The van der Waals surface area contributed by atoms with Crippen molar-refractivity contribution in [1.29, 1.82) is 0 Å². The van der Waals surface area contributed by atoms with E-state index in [-0.39, 0.29) is 6.17 Å². The molecular formula is C10H18N2O2. The summed E-state index contributed by atoms with van der Waals surface area (Å²) in [7, 11) is 2.05. The Morgan fingerprint density at radius 1 is 1.50 bits per heavy atom. The van der Waals surface area contributed by atoms with E-state index in [0.29, 0.717) is 6.54 Å². The van der Waals surface area contributed by atoms with Gasteiger partial charge in [-0.25, -0.2) is 4.79 Å². The third kappa shape index (κ3) is 2.00. The van der Waals surface area contributed by atoms with Crippen LogP contribution in [0.5, 0.6) is 0 Å². The van der Waals surface area contributed by atoms with E-state index in [9.17, 15) is 4.79 Å². The van der Waals surface area contributed by atoms with Crippen LogP contribution in [-0.2, 0) is 0 Å². The van der Waals surface area contributed by atoms with Crippen LogP contribution in [0.25, 0.3) is 0 Å². The summed E-state index contributed by atoms with van der Waals surface area (Å²) in [6.45, 7) is 1.77. The molecule has 2 aliphatic rings. The molecule has 1 saturated heterocycles. The number of likely N-dealkylation sites (tertiary alicyclic amines) is 1. The van der Waals surface area contributed by atoms with Crippen LogP contribution in [0.1, 0.15) is 25.7 Å². The summed E-state index contributed by atoms with van der Waals surface area (Å²) in [5, 5.41) is 8.98. The molecule has 0 spiro atoms. The Morgan fingerprint density at radius 3 is 2.79 bits per heavy atom. The van der Waals surface area contributed by atoms with Gasteiger partial charge in [0.2, 0.25) is 0 Å². The zero-order valence-corrected chi connectivity index (χ0v) is 8.65. The van der Waals surface area contributed by atoms with Crippen LogP contribution < -0.4 is 0 Å². The Morgan fingerprint density at radius 2 is 2.21 bits per heavy atom. The molecule has 0 bridgehead atoms. The first-order valence-corrected chi connectivity index (χ1v) is 5.38. The van der Waals surface area contributed by atoms with E-state index >= 15 is 0 Å². The van der Waals surface area contributed by atoms with Crippen LogP contribution in [-0.4, -0.2) is 47.3 Å². The van der Waals surface area contributed by atoms with Gasteiger partial charge in [0.25, 0.3) is 0 Å². The molecule has 80 valence electrons. The summed E-state index contributed by atoms with van der Waals surface area (Å²) in [5.74, 6) is 0.830. The summed E-state index contributed by atoms with van der Waals surface area (Å²) >= 11 is 0. The van der Waals surface area contributed by atoms with Crippen molar-refractivity contribution in [3.05, 3.63) is 0 Å². The van der Waals surface area contributed by atoms with Crippen molar-refractivity contribution in [3.63, 3.8) is 0 Å². The quantitative estimate of drug-likeness (QED) is 0.746. The van der Waals surface area contributed by atoms with Gasteiger partial charge in [-0.2, -0.15) is 0 Å². The van der Waals surface area contributed by atoms with E-state index in [4.69, 9.17) is 5.11 Å². The predicted molar refractivity (Wildman–Crippen MR) is 53.1 cm³/mol. The van der Waals surface area contributed by atoms with Gasteiger partial charge < -0.3 is 5.11 Å². The van der Waals surface area contributed by atoms with Gasteiger partial charge in [-0.3, -0.25) is 9.80 Å². The smallest absolute Gasteiger partial charge is 0.408 e. The van der Waals surface area contributed by atoms with Crippen LogP contribution in [0.15, 0.2) is 0 Å². The zero-order valence-electron chi connectivity index (χ0n) is 8.65. The first-order chi connectivity index (χ1) is 6.68. The lowest BCUT2D eigenvalue weighted by Gasteiger charge is -2.30. The number of rotatable bonds is 3. The normalized spacial score (nSPS) is 27.3. The lowest BCUT2D eigenvalue weighted by Crippen LogP contribution is -2.45. The number of hydrogen-bond acceptors (Lipinski definition) is 2. The molecule has 1 heterocycles. The molecule has 0 aromatic carbocycles. The number of amides is 1. The summed E-state index contributed by atoms with van der Waals surface area (Å²) in [4.78, 5) is 14.7. The maximum absolute atomic E-state index is 10.9. The third-order valence-corrected chi connectivity index (χ3v) is 3.22.